The smallest absolute Gasteiger partial charge is 0.0329 e. The molecule has 0 saturated heterocycles. The maximum Gasteiger partial charge on any atom is 0.0329 e. The number of rotatable bonds is 6. The van der Waals surface area contributed by atoms with Crippen molar-refractivity contribution in [2.75, 3.05) is 6.54 Å². The molecule has 0 amide bonds. The highest BCUT2D eigenvalue weighted by molar-refractivity contribution is 14.1. The van der Waals surface area contributed by atoms with Crippen molar-refractivity contribution in [2.45, 2.75) is 39.2 Å². The van der Waals surface area contributed by atoms with Crippen LogP contribution in [0.25, 0.3) is 0 Å². The van der Waals surface area contributed by atoms with Gasteiger partial charge in [0.2, 0.25) is 0 Å². The standard InChI is InChI=1S/C15H20IN/c1-3-5-6-7-15(17-12-4-2)13-8-10-14(16)11-9-13/h8-11,15,17H,4,6-7,12H2,1-2H3. The Morgan fingerprint density at radius 1 is 1.29 bits per heavy atom. The summed E-state index contributed by atoms with van der Waals surface area (Å²) in [5.74, 6) is 6.11. The van der Waals surface area contributed by atoms with Gasteiger partial charge in [0.05, 0.1) is 0 Å². The fourth-order valence-corrected chi connectivity index (χ4v) is 2.10. The van der Waals surface area contributed by atoms with Crippen molar-refractivity contribution in [3.05, 3.63) is 33.4 Å². The van der Waals surface area contributed by atoms with Crippen LogP contribution in [0.2, 0.25) is 0 Å². The predicted octanol–water partition coefficient (Wildman–Crippen LogP) is 4.14. The van der Waals surface area contributed by atoms with Crippen LogP contribution < -0.4 is 5.32 Å². The summed E-state index contributed by atoms with van der Waals surface area (Å²) in [4.78, 5) is 0. The molecule has 0 bridgehead atoms. The van der Waals surface area contributed by atoms with E-state index in [1.54, 1.807) is 0 Å². The summed E-state index contributed by atoms with van der Waals surface area (Å²) >= 11 is 2.34. The lowest BCUT2D eigenvalue weighted by atomic mass is 10.0. The third-order valence-electron chi connectivity index (χ3n) is 2.65. The topological polar surface area (TPSA) is 12.0 Å². The summed E-state index contributed by atoms with van der Waals surface area (Å²) in [7, 11) is 0. The van der Waals surface area contributed by atoms with E-state index in [-0.39, 0.29) is 0 Å². The number of halogens is 1. The van der Waals surface area contributed by atoms with Crippen LogP contribution >= 0.6 is 22.6 Å². The molecule has 0 aliphatic carbocycles. The van der Waals surface area contributed by atoms with Gasteiger partial charge in [-0.15, -0.1) is 11.8 Å². The summed E-state index contributed by atoms with van der Waals surface area (Å²) in [6.45, 7) is 5.17. The third kappa shape index (κ3) is 5.56. The first-order valence-corrected chi connectivity index (χ1v) is 7.24. The molecule has 0 aliphatic heterocycles. The quantitative estimate of drug-likeness (QED) is 0.606. The van der Waals surface area contributed by atoms with Gasteiger partial charge in [-0.25, -0.2) is 0 Å². The van der Waals surface area contributed by atoms with E-state index < -0.39 is 0 Å². The Hall–Kier alpha value is -0.530. The van der Waals surface area contributed by atoms with Crippen LogP contribution in [0.3, 0.4) is 0 Å². The number of hydrogen-bond acceptors (Lipinski definition) is 1. The summed E-state index contributed by atoms with van der Waals surface area (Å²) in [5, 5.41) is 3.59. The van der Waals surface area contributed by atoms with Crippen LogP contribution in [-0.2, 0) is 0 Å². The molecule has 17 heavy (non-hydrogen) atoms. The molecule has 1 atom stereocenters. The largest absolute Gasteiger partial charge is 0.310 e. The summed E-state index contributed by atoms with van der Waals surface area (Å²) in [5.41, 5.74) is 1.37. The van der Waals surface area contributed by atoms with Gasteiger partial charge in [0, 0.05) is 16.0 Å². The van der Waals surface area contributed by atoms with Crippen molar-refractivity contribution in [3.8, 4) is 11.8 Å². The van der Waals surface area contributed by atoms with Gasteiger partial charge in [-0.1, -0.05) is 19.1 Å². The average Bonchev–Trinajstić information content (AvgIpc) is 2.35. The van der Waals surface area contributed by atoms with E-state index in [2.05, 4.69) is 70.9 Å². The minimum atomic E-state index is 0.438. The lowest BCUT2D eigenvalue weighted by Gasteiger charge is -2.18. The van der Waals surface area contributed by atoms with Gasteiger partial charge in [-0.2, -0.15) is 0 Å². The summed E-state index contributed by atoms with van der Waals surface area (Å²) < 4.78 is 1.29. The molecule has 1 aromatic carbocycles. The molecular weight excluding hydrogens is 321 g/mol. The second-order valence-corrected chi connectivity index (χ2v) is 5.27. The Balaban J connectivity index is 2.65. The van der Waals surface area contributed by atoms with Crippen molar-refractivity contribution >= 4 is 22.6 Å². The predicted molar refractivity (Wildman–Crippen MR) is 82.9 cm³/mol. The first-order chi connectivity index (χ1) is 8.27. The van der Waals surface area contributed by atoms with E-state index in [0.29, 0.717) is 6.04 Å². The van der Waals surface area contributed by atoms with E-state index in [9.17, 15) is 0 Å². The Kier molecular flexibility index (Phi) is 7.30. The SMILES string of the molecule is CC#CCCC(NCCC)c1ccc(I)cc1. The van der Waals surface area contributed by atoms with Gasteiger partial charge >= 0.3 is 0 Å². The molecule has 1 rings (SSSR count). The molecule has 1 aromatic rings. The highest BCUT2D eigenvalue weighted by Gasteiger charge is 2.09. The summed E-state index contributed by atoms with van der Waals surface area (Å²) in [6.07, 6.45) is 3.21. The molecule has 0 aliphatic rings. The molecule has 0 spiro atoms. The van der Waals surface area contributed by atoms with Gasteiger partial charge in [-0.05, 0) is 66.6 Å². The van der Waals surface area contributed by atoms with Crippen LogP contribution in [0, 0.1) is 15.4 Å². The van der Waals surface area contributed by atoms with Crippen LogP contribution in [0.4, 0.5) is 0 Å². The van der Waals surface area contributed by atoms with Gasteiger partial charge in [0.25, 0.3) is 0 Å². The molecule has 1 nitrogen and oxygen atoms in total. The summed E-state index contributed by atoms with van der Waals surface area (Å²) in [6, 6.07) is 9.21. The van der Waals surface area contributed by atoms with Crippen LogP contribution in [0.1, 0.15) is 44.7 Å². The van der Waals surface area contributed by atoms with Gasteiger partial charge in [-0.3, -0.25) is 0 Å². The zero-order valence-electron chi connectivity index (χ0n) is 10.6. The molecular formula is C15H20IN. The van der Waals surface area contributed by atoms with Gasteiger partial charge < -0.3 is 5.32 Å². The van der Waals surface area contributed by atoms with Gasteiger partial charge in [0.1, 0.15) is 0 Å². The maximum absolute atomic E-state index is 3.59. The molecule has 1 N–H and O–H groups in total. The molecule has 0 radical (unpaired) electrons. The minimum absolute atomic E-state index is 0.438. The molecule has 0 heterocycles. The average molecular weight is 341 g/mol. The molecule has 0 aromatic heterocycles. The van der Waals surface area contributed by atoms with Gasteiger partial charge in [0.15, 0.2) is 0 Å². The van der Waals surface area contributed by atoms with E-state index in [4.69, 9.17) is 0 Å². The van der Waals surface area contributed by atoms with E-state index in [0.717, 1.165) is 19.4 Å². The fourth-order valence-electron chi connectivity index (χ4n) is 1.74. The Bertz CT molecular complexity index is 372. The normalized spacial score (nSPS) is 11.7. The molecule has 0 fully saturated rings. The molecule has 92 valence electrons. The lowest BCUT2D eigenvalue weighted by molar-refractivity contribution is 0.505. The molecule has 0 saturated carbocycles. The number of hydrogen-bond donors (Lipinski definition) is 1. The Morgan fingerprint density at radius 2 is 2.00 bits per heavy atom. The molecule has 2 heteroatoms. The highest BCUT2D eigenvalue weighted by Crippen LogP contribution is 2.19. The van der Waals surface area contributed by atoms with Crippen LogP contribution in [0.5, 0.6) is 0 Å². The monoisotopic (exact) mass is 341 g/mol. The zero-order valence-corrected chi connectivity index (χ0v) is 12.8. The second-order valence-electron chi connectivity index (χ2n) is 4.02. The minimum Gasteiger partial charge on any atom is -0.310 e. The van der Waals surface area contributed by atoms with E-state index >= 15 is 0 Å². The lowest BCUT2D eigenvalue weighted by Crippen LogP contribution is -2.22. The first kappa shape index (κ1) is 14.5. The number of benzene rings is 1. The van der Waals surface area contributed by atoms with Crippen molar-refractivity contribution in [2.24, 2.45) is 0 Å². The maximum atomic E-state index is 3.59. The van der Waals surface area contributed by atoms with Crippen LogP contribution in [-0.4, -0.2) is 6.54 Å². The molecule has 1 unspecified atom stereocenters. The highest BCUT2D eigenvalue weighted by atomic mass is 127. The Labute approximate surface area is 119 Å². The van der Waals surface area contributed by atoms with Crippen molar-refractivity contribution in [3.63, 3.8) is 0 Å². The van der Waals surface area contributed by atoms with E-state index in [1.165, 1.54) is 15.6 Å². The van der Waals surface area contributed by atoms with E-state index in [1.807, 2.05) is 6.92 Å². The van der Waals surface area contributed by atoms with Crippen molar-refractivity contribution in [1.29, 1.82) is 0 Å². The van der Waals surface area contributed by atoms with Crippen molar-refractivity contribution in [1.82, 2.24) is 5.32 Å². The second kappa shape index (κ2) is 8.54. The third-order valence-corrected chi connectivity index (χ3v) is 3.37. The zero-order chi connectivity index (χ0) is 12.5. The number of nitrogens with one attached hydrogen (secondary N) is 1. The van der Waals surface area contributed by atoms with Crippen LogP contribution in [0.15, 0.2) is 24.3 Å². The fraction of sp³-hybridized carbons (Fsp3) is 0.467. The Morgan fingerprint density at radius 3 is 2.59 bits per heavy atom. The first-order valence-electron chi connectivity index (χ1n) is 6.16. The van der Waals surface area contributed by atoms with Crippen molar-refractivity contribution < 1.29 is 0 Å².